The molecule has 0 aromatic heterocycles. The van der Waals surface area contributed by atoms with Crippen LogP contribution in [0.25, 0.3) is 0 Å². The van der Waals surface area contributed by atoms with Crippen molar-refractivity contribution >= 4 is 5.91 Å². The quantitative estimate of drug-likeness (QED) is 0.681. The molecule has 0 aromatic rings. The lowest BCUT2D eigenvalue weighted by molar-refractivity contribution is -0.122. The van der Waals surface area contributed by atoms with Crippen molar-refractivity contribution in [2.45, 2.75) is 39.7 Å². The lowest BCUT2D eigenvalue weighted by Gasteiger charge is -2.20. The summed E-state index contributed by atoms with van der Waals surface area (Å²) in [6, 6.07) is -0.386. The number of carbonyl (C=O) groups excluding carboxylic acids is 1. The molecular formula is C10H20N2O. The van der Waals surface area contributed by atoms with Crippen LogP contribution in [-0.4, -0.2) is 18.5 Å². The van der Waals surface area contributed by atoms with Crippen molar-refractivity contribution in [3.05, 3.63) is 0 Å². The van der Waals surface area contributed by atoms with E-state index in [1.54, 1.807) is 6.92 Å². The fraction of sp³-hybridized carbons (Fsp3) is 0.900. The van der Waals surface area contributed by atoms with E-state index in [9.17, 15) is 4.79 Å². The highest BCUT2D eigenvalue weighted by atomic mass is 16.2. The number of carbonyl (C=O) groups is 1. The first-order chi connectivity index (χ1) is 5.98. The van der Waals surface area contributed by atoms with Crippen LogP contribution in [0.3, 0.4) is 0 Å². The minimum Gasteiger partial charge on any atom is -0.354 e. The molecule has 1 aliphatic carbocycles. The highest BCUT2D eigenvalue weighted by Gasteiger charge is 2.45. The van der Waals surface area contributed by atoms with Gasteiger partial charge in [0.2, 0.25) is 5.91 Å². The molecule has 1 amide bonds. The Morgan fingerprint density at radius 3 is 2.31 bits per heavy atom. The summed E-state index contributed by atoms with van der Waals surface area (Å²) >= 11 is 0. The monoisotopic (exact) mass is 184 g/mol. The maximum Gasteiger partial charge on any atom is 0.236 e. The van der Waals surface area contributed by atoms with E-state index in [1.165, 1.54) is 12.8 Å². The van der Waals surface area contributed by atoms with Gasteiger partial charge in [-0.15, -0.1) is 0 Å². The molecule has 0 bridgehead atoms. The number of nitrogens with two attached hydrogens (primary N) is 1. The van der Waals surface area contributed by atoms with Gasteiger partial charge >= 0.3 is 0 Å². The molecular weight excluding hydrogens is 164 g/mol. The summed E-state index contributed by atoms with van der Waals surface area (Å²) in [5, 5.41) is 2.90. The molecule has 0 saturated heterocycles. The highest BCUT2D eigenvalue weighted by Crippen LogP contribution is 2.51. The van der Waals surface area contributed by atoms with Crippen LogP contribution in [0.4, 0.5) is 0 Å². The van der Waals surface area contributed by atoms with Gasteiger partial charge in [-0.1, -0.05) is 13.8 Å². The van der Waals surface area contributed by atoms with E-state index in [0.29, 0.717) is 11.3 Å². The highest BCUT2D eigenvalue weighted by molar-refractivity contribution is 5.81. The van der Waals surface area contributed by atoms with Crippen LogP contribution >= 0.6 is 0 Å². The molecule has 13 heavy (non-hydrogen) atoms. The normalized spacial score (nSPS) is 21.3. The average Bonchev–Trinajstić information content (AvgIpc) is 2.80. The van der Waals surface area contributed by atoms with E-state index in [2.05, 4.69) is 19.2 Å². The molecule has 3 heteroatoms. The zero-order valence-electron chi connectivity index (χ0n) is 8.76. The van der Waals surface area contributed by atoms with Crippen LogP contribution in [-0.2, 0) is 4.79 Å². The summed E-state index contributed by atoms with van der Waals surface area (Å²) in [6.07, 6.45) is 2.48. The van der Waals surface area contributed by atoms with Crippen molar-refractivity contribution in [3.63, 3.8) is 0 Å². The van der Waals surface area contributed by atoms with E-state index in [-0.39, 0.29) is 11.9 Å². The standard InChI is InChI=1S/C10H20N2O/c1-7(2)10(4-5-10)6-12-9(13)8(3)11/h7-8H,4-6,11H2,1-3H3,(H,12,13)/t8-/m0/s1. The summed E-state index contributed by atoms with van der Waals surface area (Å²) in [5.41, 5.74) is 5.83. The number of hydrogen-bond donors (Lipinski definition) is 2. The maximum atomic E-state index is 11.2. The second-order valence-electron chi connectivity index (χ2n) is 4.52. The summed E-state index contributed by atoms with van der Waals surface area (Å²) < 4.78 is 0. The third-order valence-corrected chi connectivity index (χ3v) is 3.15. The minimum absolute atomic E-state index is 0.0353. The average molecular weight is 184 g/mol. The first-order valence-electron chi connectivity index (χ1n) is 5.01. The molecule has 1 saturated carbocycles. The first kappa shape index (κ1) is 10.5. The summed E-state index contributed by atoms with van der Waals surface area (Å²) in [6.45, 7) is 6.94. The molecule has 76 valence electrons. The lowest BCUT2D eigenvalue weighted by Crippen LogP contribution is -2.41. The molecule has 0 aromatic carbocycles. The van der Waals surface area contributed by atoms with Crippen LogP contribution in [0.5, 0.6) is 0 Å². The largest absolute Gasteiger partial charge is 0.354 e. The predicted octanol–water partition coefficient (Wildman–Crippen LogP) is 0.886. The Bertz CT molecular complexity index is 195. The molecule has 0 heterocycles. The summed E-state index contributed by atoms with van der Waals surface area (Å²) in [4.78, 5) is 11.2. The van der Waals surface area contributed by atoms with Crippen molar-refractivity contribution in [1.29, 1.82) is 0 Å². The summed E-state index contributed by atoms with van der Waals surface area (Å²) in [7, 11) is 0. The van der Waals surface area contributed by atoms with Gasteiger partial charge in [0, 0.05) is 6.54 Å². The van der Waals surface area contributed by atoms with E-state index in [1.807, 2.05) is 0 Å². The fourth-order valence-corrected chi connectivity index (χ4v) is 1.54. The number of rotatable bonds is 4. The van der Waals surface area contributed by atoms with Gasteiger partial charge in [-0.05, 0) is 31.1 Å². The zero-order valence-corrected chi connectivity index (χ0v) is 8.76. The number of hydrogen-bond acceptors (Lipinski definition) is 2. The van der Waals surface area contributed by atoms with Crippen LogP contribution in [0.2, 0.25) is 0 Å². The maximum absolute atomic E-state index is 11.2. The Kier molecular flexibility index (Phi) is 2.96. The molecule has 0 radical (unpaired) electrons. The van der Waals surface area contributed by atoms with Gasteiger partial charge in [-0.2, -0.15) is 0 Å². The summed E-state index contributed by atoms with van der Waals surface area (Å²) in [5.74, 6) is 0.618. The molecule has 1 aliphatic rings. The molecule has 3 nitrogen and oxygen atoms in total. The van der Waals surface area contributed by atoms with Crippen molar-refractivity contribution in [1.82, 2.24) is 5.32 Å². The lowest BCUT2D eigenvalue weighted by atomic mass is 9.92. The molecule has 0 unspecified atom stereocenters. The minimum atomic E-state index is -0.386. The second-order valence-corrected chi connectivity index (χ2v) is 4.52. The Hall–Kier alpha value is -0.570. The Morgan fingerprint density at radius 1 is 1.46 bits per heavy atom. The van der Waals surface area contributed by atoms with E-state index in [0.717, 1.165) is 6.54 Å². The fourth-order valence-electron chi connectivity index (χ4n) is 1.54. The molecule has 3 N–H and O–H groups in total. The van der Waals surface area contributed by atoms with E-state index in [4.69, 9.17) is 5.73 Å². The van der Waals surface area contributed by atoms with Gasteiger partial charge in [0.25, 0.3) is 0 Å². The molecule has 0 spiro atoms. The van der Waals surface area contributed by atoms with Crippen LogP contribution in [0, 0.1) is 11.3 Å². The second kappa shape index (κ2) is 3.66. The van der Waals surface area contributed by atoms with Gasteiger partial charge in [0.15, 0.2) is 0 Å². The van der Waals surface area contributed by atoms with Gasteiger partial charge < -0.3 is 11.1 Å². The zero-order chi connectivity index (χ0) is 10.1. The Morgan fingerprint density at radius 2 is 2.00 bits per heavy atom. The van der Waals surface area contributed by atoms with Crippen molar-refractivity contribution in [2.75, 3.05) is 6.54 Å². The van der Waals surface area contributed by atoms with Crippen molar-refractivity contribution in [3.8, 4) is 0 Å². The topological polar surface area (TPSA) is 55.1 Å². The van der Waals surface area contributed by atoms with Crippen molar-refractivity contribution in [2.24, 2.45) is 17.1 Å². The Labute approximate surface area is 80.1 Å². The number of amides is 1. The van der Waals surface area contributed by atoms with E-state index < -0.39 is 0 Å². The van der Waals surface area contributed by atoms with Crippen LogP contribution in [0.1, 0.15) is 33.6 Å². The van der Waals surface area contributed by atoms with Crippen molar-refractivity contribution < 1.29 is 4.79 Å². The Balaban J connectivity index is 2.31. The molecule has 0 aliphatic heterocycles. The van der Waals surface area contributed by atoms with Gasteiger partial charge in [0.1, 0.15) is 0 Å². The predicted molar refractivity (Wildman–Crippen MR) is 53.2 cm³/mol. The van der Waals surface area contributed by atoms with Crippen LogP contribution < -0.4 is 11.1 Å². The van der Waals surface area contributed by atoms with Gasteiger partial charge in [0.05, 0.1) is 6.04 Å². The molecule has 1 rings (SSSR count). The van der Waals surface area contributed by atoms with E-state index >= 15 is 0 Å². The molecule has 1 atom stereocenters. The molecule has 1 fully saturated rings. The SMILES string of the molecule is CC(C)C1(CNC(=O)[C@H](C)N)CC1. The van der Waals surface area contributed by atoms with Gasteiger partial charge in [-0.3, -0.25) is 4.79 Å². The third-order valence-electron chi connectivity index (χ3n) is 3.15. The smallest absolute Gasteiger partial charge is 0.236 e. The first-order valence-corrected chi connectivity index (χ1v) is 5.01. The van der Waals surface area contributed by atoms with Gasteiger partial charge in [-0.25, -0.2) is 0 Å². The number of nitrogens with one attached hydrogen (secondary N) is 1. The third kappa shape index (κ3) is 2.44. The van der Waals surface area contributed by atoms with Crippen LogP contribution in [0.15, 0.2) is 0 Å².